The molecule has 118 valence electrons. The van der Waals surface area contributed by atoms with Crippen LogP contribution in [0.1, 0.15) is 45.2 Å². The van der Waals surface area contributed by atoms with E-state index in [9.17, 15) is 0 Å². The van der Waals surface area contributed by atoms with Gasteiger partial charge >= 0.3 is 0 Å². The molecule has 0 saturated carbocycles. The molecule has 2 rings (SSSR count). The van der Waals surface area contributed by atoms with Crippen LogP contribution in [0.2, 0.25) is 0 Å². The molecule has 1 aromatic rings. The van der Waals surface area contributed by atoms with Crippen LogP contribution in [-0.4, -0.2) is 37.7 Å². The van der Waals surface area contributed by atoms with Crippen LogP contribution >= 0.6 is 0 Å². The fourth-order valence-electron chi connectivity index (χ4n) is 3.33. The van der Waals surface area contributed by atoms with Gasteiger partial charge in [0.2, 0.25) is 0 Å². The van der Waals surface area contributed by atoms with Gasteiger partial charge in [0.25, 0.3) is 0 Å². The van der Waals surface area contributed by atoms with E-state index in [0.29, 0.717) is 12.1 Å². The third kappa shape index (κ3) is 4.45. The summed E-state index contributed by atoms with van der Waals surface area (Å²) in [4.78, 5) is 2.64. The van der Waals surface area contributed by atoms with Gasteiger partial charge in [0.15, 0.2) is 0 Å². The number of rotatable bonds is 6. The van der Waals surface area contributed by atoms with Crippen molar-refractivity contribution in [2.24, 2.45) is 5.92 Å². The predicted molar refractivity (Wildman–Crippen MR) is 88.8 cm³/mol. The Hall–Kier alpha value is -1.06. The highest BCUT2D eigenvalue weighted by molar-refractivity contribution is 5.29. The summed E-state index contributed by atoms with van der Waals surface area (Å²) >= 11 is 0. The number of hydrogen-bond acceptors (Lipinski definition) is 3. The van der Waals surface area contributed by atoms with Crippen molar-refractivity contribution in [2.75, 3.05) is 26.7 Å². The highest BCUT2D eigenvalue weighted by Gasteiger charge is 2.25. The Kier molecular flexibility index (Phi) is 6.07. The zero-order valence-corrected chi connectivity index (χ0v) is 13.9. The lowest BCUT2D eigenvalue weighted by atomic mass is 9.92. The first kappa shape index (κ1) is 16.3. The molecular weight excluding hydrogens is 260 g/mol. The van der Waals surface area contributed by atoms with Gasteiger partial charge in [-0.05, 0) is 56.5 Å². The molecule has 1 heterocycles. The van der Waals surface area contributed by atoms with E-state index in [1.54, 1.807) is 7.11 Å². The number of piperidine rings is 1. The Bertz CT molecular complexity index is 418. The van der Waals surface area contributed by atoms with Gasteiger partial charge in [-0.15, -0.1) is 0 Å². The summed E-state index contributed by atoms with van der Waals surface area (Å²) in [7, 11) is 1.72. The number of nitrogens with one attached hydrogen (secondary N) is 1. The largest absolute Gasteiger partial charge is 0.497 e. The van der Waals surface area contributed by atoms with Crippen molar-refractivity contribution in [1.82, 2.24) is 10.2 Å². The standard InChI is InChI=1S/C18H30N2O/c1-5-19-18(16-6-8-17(21-4)9-7-16)13-20-11-10-14(2)12-15(20)3/h6-9,14-15,18-19H,5,10-13H2,1-4H3. The minimum absolute atomic E-state index is 0.400. The molecule has 1 saturated heterocycles. The van der Waals surface area contributed by atoms with E-state index in [2.05, 4.69) is 55.3 Å². The lowest BCUT2D eigenvalue weighted by Crippen LogP contribution is -2.44. The van der Waals surface area contributed by atoms with Gasteiger partial charge < -0.3 is 10.1 Å². The Labute approximate surface area is 129 Å². The van der Waals surface area contributed by atoms with Gasteiger partial charge in [-0.25, -0.2) is 0 Å². The average Bonchev–Trinajstić information content (AvgIpc) is 2.49. The molecule has 21 heavy (non-hydrogen) atoms. The van der Waals surface area contributed by atoms with Gasteiger partial charge in [0, 0.05) is 18.6 Å². The second-order valence-corrected chi connectivity index (χ2v) is 6.36. The van der Waals surface area contributed by atoms with Gasteiger partial charge in [0.1, 0.15) is 5.75 Å². The van der Waals surface area contributed by atoms with Crippen LogP contribution in [0, 0.1) is 5.92 Å². The molecule has 0 bridgehead atoms. The Morgan fingerprint density at radius 2 is 2.00 bits per heavy atom. The number of ether oxygens (including phenoxy) is 1. The molecule has 3 unspecified atom stereocenters. The van der Waals surface area contributed by atoms with Gasteiger partial charge in [-0.1, -0.05) is 26.0 Å². The molecular formula is C18H30N2O. The molecule has 1 N–H and O–H groups in total. The maximum absolute atomic E-state index is 5.26. The second kappa shape index (κ2) is 7.81. The number of methoxy groups -OCH3 is 1. The Morgan fingerprint density at radius 1 is 1.29 bits per heavy atom. The zero-order valence-electron chi connectivity index (χ0n) is 13.9. The number of benzene rings is 1. The van der Waals surface area contributed by atoms with E-state index >= 15 is 0 Å². The van der Waals surface area contributed by atoms with Gasteiger partial charge in [-0.2, -0.15) is 0 Å². The zero-order chi connectivity index (χ0) is 15.2. The number of nitrogens with zero attached hydrogens (tertiary/aromatic N) is 1. The number of likely N-dealkylation sites (N-methyl/N-ethyl adjacent to an activating group) is 1. The lowest BCUT2D eigenvalue weighted by Gasteiger charge is -2.38. The van der Waals surface area contributed by atoms with E-state index in [1.807, 2.05) is 0 Å². The third-order valence-corrected chi connectivity index (χ3v) is 4.66. The quantitative estimate of drug-likeness (QED) is 0.868. The first-order valence-electron chi connectivity index (χ1n) is 8.25. The molecule has 0 aromatic heterocycles. The third-order valence-electron chi connectivity index (χ3n) is 4.66. The molecule has 0 amide bonds. The van der Waals surface area contributed by atoms with Gasteiger partial charge in [0.05, 0.1) is 7.11 Å². The van der Waals surface area contributed by atoms with Crippen LogP contribution in [0.4, 0.5) is 0 Å². The van der Waals surface area contributed by atoms with Crippen molar-refractivity contribution < 1.29 is 4.74 Å². The van der Waals surface area contributed by atoms with E-state index in [0.717, 1.165) is 24.8 Å². The summed E-state index contributed by atoms with van der Waals surface area (Å²) in [5, 5.41) is 3.63. The van der Waals surface area contributed by atoms with Crippen molar-refractivity contribution in [3.63, 3.8) is 0 Å². The highest BCUT2D eigenvalue weighted by Crippen LogP contribution is 2.25. The minimum Gasteiger partial charge on any atom is -0.497 e. The molecule has 1 fully saturated rings. The Balaban J connectivity index is 2.04. The monoisotopic (exact) mass is 290 g/mol. The summed E-state index contributed by atoms with van der Waals surface area (Å²) < 4.78 is 5.26. The van der Waals surface area contributed by atoms with Crippen LogP contribution in [0.15, 0.2) is 24.3 Å². The van der Waals surface area contributed by atoms with Crippen molar-refractivity contribution >= 4 is 0 Å². The van der Waals surface area contributed by atoms with E-state index in [1.165, 1.54) is 24.9 Å². The van der Waals surface area contributed by atoms with E-state index in [-0.39, 0.29) is 0 Å². The van der Waals surface area contributed by atoms with Crippen LogP contribution in [0.5, 0.6) is 5.75 Å². The smallest absolute Gasteiger partial charge is 0.118 e. The van der Waals surface area contributed by atoms with Crippen molar-refractivity contribution in [2.45, 2.75) is 45.7 Å². The maximum Gasteiger partial charge on any atom is 0.118 e. The van der Waals surface area contributed by atoms with Crippen molar-refractivity contribution in [3.05, 3.63) is 29.8 Å². The summed E-state index contributed by atoms with van der Waals surface area (Å²) in [6, 6.07) is 9.57. The SMILES string of the molecule is CCNC(CN1CCC(C)CC1C)c1ccc(OC)cc1. The first-order chi connectivity index (χ1) is 10.1. The summed E-state index contributed by atoms with van der Waals surface area (Å²) in [5.41, 5.74) is 1.35. The predicted octanol–water partition coefficient (Wildman–Crippen LogP) is 3.47. The molecule has 1 aliphatic heterocycles. The molecule has 3 heteroatoms. The normalized spacial score (nSPS) is 24.8. The molecule has 1 aromatic carbocycles. The molecule has 0 spiro atoms. The summed E-state index contributed by atoms with van der Waals surface area (Å²) in [6.45, 7) is 10.2. The fraction of sp³-hybridized carbons (Fsp3) is 0.667. The topological polar surface area (TPSA) is 24.5 Å². The van der Waals surface area contributed by atoms with Crippen molar-refractivity contribution in [1.29, 1.82) is 0 Å². The fourth-order valence-corrected chi connectivity index (χ4v) is 3.33. The summed E-state index contributed by atoms with van der Waals surface area (Å²) in [6.07, 6.45) is 2.65. The van der Waals surface area contributed by atoms with Crippen LogP contribution in [0.25, 0.3) is 0 Å². The minimum atomic E-state index is 0.400. The first-order valence-corrected chi connectivity index (χ1v) is 8.25. The molecule has 3 nitrogen and oxygen atoms in total. The van der Waals surface area contributed by atoms with Crippen molar-refractivity contribution in [3.8, 4) is 5.75 Å². The molecule has 0 aliphatic carbocycles. The molecule has 3 atom stereocenters. The van der Waals surface area contributed by atoms with Gasteiger partial charge in [-0.3, -0.25) is 4.90 Å². The van der Waals surface area contributed by atoms with E-state index < -0.39 is 0 Å². The van der Waals surface area contributed by atoms with Crippen LogP contribution in [0.3, 0.4) is 0 Å². The average molecular weight is 290 g/mol. The molecule has 0 radical (unpaired) electrons. The Morgan fingerprint density at radius 3 is 2.57 bits per heavy atom. The number of hydrogen-bond donors (Lipinski definition) is 1. The highest BCUT2D eigenvalue weighted by atomic mass is 16.5. The van der Waals surface area contributed by atoms with Crippen LogP contribution < -0.4 is 10.1 Å². The van der Waals surface area contributed by atoms with Crippen LogP contribution in [-0.2, 0) is 0 Å². The maximum atomic E-state index is 5.26. The molecule has 1 aliphatic rings. The van der Waals surface area contributed by atoms with E-state index in [4.69, 9.17) is 4.74 Å². The summed E-state index contributed by atoms with van der Waals surface area (Å²) in [5.74, 6) is 1.80. The second-order valence-electron chi connectivity index (χ2n) is 6.36. The number of likely N-dealkylation sites (tertiary alicyclic amines) is 1. The lowest BCUT2D eigenvalue weighted by molar-refractivity contribution is 0.117.